The summed E-state index contributed by atoms with van der Waals surface area (Å²) >= 11 is 15.4. The zero-order chi connectivity index (χ0) is 19.9. The van der Waals surface area contributed by atoms with Gasteiger partial charge in [-0.05, 0) is 62.2 Å². The molecule has 0 bridgehead atoms. The van der Waals surface area contributed by atoms with Crippen molar-refractivity contribution in [3.8, 4) is 5.69 Å². The summed E-state index contributed by atoms with van der Waals surface area (Å²) in [5.74, 6) is 0.222. The molecule has 0 saturated carbocycles. The summed E-state index contributed by atoms with van der Waals surface area (Å²) in [6, 6.07) is 10.3. The molecular weight excluding hydrogens is 473 g/mol. The van der Waals surface area contributed by atoms with E-state index in [2.05, 4.69) is 25.8 Å². The number of sulfonamides is 1. The predicted molar refractivity (Wildman–Crippen MR) is 113 cm³/mol. The number of anilines is 1. The van der Waals surface area contributed by atoms with Gasteiger partial charge in [-0.25, -0.2) is 13.1 Å². The molecule has 3 aromatic rings. The third kappa shape index (κ3) is 4.16. The maximum Gasteiger partial charge on any atom is 0.263 e. The van der Waals surface area contributed by atoms with Crippen LogP contribution in [0, 0.1) is 20.8 Å². The van der Waals surface area contributed by atoms with Gasteiger partial charge in [0.15, 0.2) is 5.82 Å². The van der Waals surface area contributed by atoms with Gasteiger partial charge >= 0.3 is 0 Å². The molecule has 1 aromatic heterocycles. The quantitative estimate of drug-likeness (QED) is 0.514. The third-order valence-electron chi connectivity index (χ3n) is 3.97. The molecule has 0 spiro atoms. The maximum absolute atomic E-state index is 12.9. The van der Waals surface area contributed by atoms with Crippen LogP contribution in [0.1, 0.15) is 16.8 Å². The molecule has 27 heavy (non-hydrogen) atoms. The van der Waals surface area contributed by atoms with Crippen LogP contribution in [0.4, 0.5) is 5.82 Å². The first-order valence-electron chi connectivity index (χ1n) is 7.90. The van der Waals surface area contributed by atoms with Gasteiger partial charge in [-0.2, -0.15) is 0 Å². The molecule has 0 unspecified atom stereocenters. The van der Waals surface area contributed by atoms with Gasteiger partial charge in [0.2, 0.25) is 0 Å². The van der Waals surface area contributed by atoms with Crippen LogP contribution in [0.15, 0.2) is 45.8 Å². The van der Waals surface area contributed by atoms with E-state index in [1.807, 2.05) is 6.92 Å². The van der Waals surface area contributed by atoms with E-state index in [4.69, 9.17) is 23.2 Å². The fourth-order valence-electron chi connectivity index (χ4n) is 2.91. The van der Waals surface area contributed by atoms with Crippen LogP contribution in [-0.2, 0) is 10.0 Å². The van der Waals surface area contributed by atoms with E-state index in [0.717, 1.165) is 10.2 Å². The zero-order valence-corrected chi connectivity index (χ0v) is 18.6. The van der Waals surface area contributed by atoms with Gasteiger partial charge in [0.1, 0.15) is 0 Å². The lowest BCUT2D eigenvalue weighted by molar-refractivity contribution is 0.599. The molecule has 1 heterocycles. The van der Waals surface area contributed by atoms with Gasteiger partial charge in [0, 0.05) is 16.2 Å². The first-order chi connectivity index (χ1) is 12.6. The number of rotatable bonds is 4. The van der Waals surface area contributed by atoms with E-state index in [1.165, 1.54) is 0 Å². The second-order valence-corrected chi connectivity index (χ2v) is 9.50. The Balaban J connectivity index is 1.98. The van der Waals surface area contributed by atoms with Gasteiger partial charge in [-0.1, -0.05) is 39.1 Å². The van der Waals surface area contributed by atoms with E-state index >= 15 is 0 Å². The molecule has 0 saturated heterocycles. The van der Waals surface area contributed by atoms with Crippen molar-refractivity contribution in [2.24, 2.45) is 0 Å². The van der Waals surface area contributed by atoms with Crippen LogP contribution >= 0.6 is 39.1 Å². The van der Waals surface area contributed by atoms with Gasteiger partial charge < -0.3 is 0 Å². The van der Waals surface area contributed by atoms with Crippen LogP contribution in [0.2, 0.25) is 10.0 Å². The van der Waals surface area contributed by atoms with E-state index in [0.29, 0.717) is 26.9 Å². The molecule has 142 valence electrons. The summed E-state index contributed by atoms with van der Waals surface area (Å²) in [4.78, 5) is 0.243. The maximum atomic E-state index is 12.9. The summed E-state index contributed by atoms with van der Waals surface area (Å²) in [6.45, 7) is 5.33. The van der Waals surface area contributed by atoms with Crippen molar-refractivity contribution in [1.29, 1.82) is 0 Å². The third-order valence-corrected chi connectivity index (χ3v) is 6.82. The van der Waals surface area contributed by atoms with E-state index < -0.39 is 10.0 Å². The number of hydrogen-bond donors (Lipinski definition) is 1. The Hall–Kier alpha value is -1.54. The van der Waals surface area contributed by atoms with Crippen molar-refractivity contribution >= 4 is 55.0 Å². The fourth-order valence-corrected chi connectivity index (χ4v) is 5.33. The number of nitrogens with one attached hydrogen (secondary N) is 1. The van der Waals surface area contributed by atoms with Gasteiger partial charge in [-0.3, -0.25) is 4.72 Å². The summed E-state index contributed by atoms with van der Waals surface area (Å²) in [5, 5.41) is 5.19. The number of hydrogen-bond acceptors (Lipinski definition) is 3. The van der Waals surface area contributed by atoms with Crippen molar-refractivity contribution in [3.63, 3.8) is 0 Å². The topological polar surface area (TPSA) is 64.0 Å². The zero-order valence-electron chi connectivity index (χ0n) is 14.7. The molecule has 0 radical (unpaired) electrons. The first-order valence-corrected chi connectivity index (χ1v) is 10.9. The highest BCUT2D eigenvalue weighted by Gasteiger charge is 2.22. The molecular formula is C18H16BrCl2N3O2S. The second-order valence-electron chi connectivity index (χ2n) is 6.16. The van der Waals surface area contributed by atoms with Crippen molar-refractivity contribution in [2.45, 2.75) is 25.7 Å². The molecule has 0 aliphatic heterocycles. The Morgan fingerprint density at radius 3 is 2.22 bits per heavy atom. The summed E-state index contributed by atoms with van der Waals surface area (Å²) in [5.41, 5.74) is 2.73. The Labute approximate surface area is 176 Å². The highest BCUT2D eigenvalue weighted by molar-refractivity contribution is 9.10. The van der Waals surface area contributed by atoms with E-state index in [1.54, 1.807) is 54.9 Å². The number of aromatic nitrogens is 2. The Morgan fingerprint density at radius 1 is 1.00 bits per heavy atom. The summed E-state index contributed by atoms with van der Waals surface area (Å²) in [6.07, 6.45) is 0. The van der Waals surface area contributed by atoms with Crippen LogP contribution in [0.5, 0.6) is 0 Å². The molecule has 0 amide bonds. The fraction of sp³-hybridized carbons (Fsp3) is 0.167. The predicted octanol–water partition coefficient (Wildman–Crippen LogP) is 5.67. The van der Waals surface area contributed by atoms with Crippen molar-refractivity contribution in [2.75, 3.05) is 4.72 Å². The van der Waals surface area contributed by atoms with Crippen molar-refractivity contribution in [3.05, 3.63) is 67.7 Å². The van der Waals surface area contributed by atoms with Crippen molar-refractivity contribution in [1.82, 2.24) is 9.78 Å². The highest BCUT2D eigenvalue weighted by atomic mass is 79.9. The van der Waals surface area contributed by atoms with E-state index in [9.17, 15) is 8.42 Å². The number of nitrogens with zero attached hydrogens (tertiary/aromatic N) is 2. The minimum absolute atomic E-state index is 0.222. The first kappa shape index (κ1) is 20.2. The van der Waals surface area contributed by atoms with Gasteiger partial charge in [-0.15, -0.1) is 5.10 Å². The smallest absolute Gasteiger partial charge is 0.262 e. The minimum atomic E-state index is -3.79. The molecule has 0 aliphatic rings. The number of aryl methyl sites for hydroxylation is 3. The normalized spacial score (nSPS) is 11.6. The number of benzene rings is 2. The van der Waals surface area contributed by atoms with Crippen LogP contribution < -0.4 is 4.72 Å². The highest BCUT2D eigenvalue weighted by Crippen LogP contribution is 2.28. The molecule has 0 atom stereocenters. The minimum Gasteiger partial charge on any atom is -0.262 e. The number of halogens is 3. The Kier molecular flexibility index (Phi) is 5.59. The average Bonchev–Trinajstić information content (AvgIpc) is 2.88. The van der Waals surface area contributed by atoms with E-state index in [-0.39, 0.29) is 10.7 Å². The molecule has 1 N–H and O–H groups in total. The summed E-state index contributed by atoms with van der Waals surface area (Å²) < 4.78 is 30.8. The SMILES string of the molecule is Cc1cc(Br)cc(C)c1S(=O)(=O)Nc1cc(C)n(-c2ccc(Cl)c(Cl)c2)n1. The monoisotopic (exact) mass is 487 g/mol. The van der Waals surface area contributed by atoms with Crippen LogP contribution in [-0.4, -0.2) is 18.2 Å². The van der Waals surface area contributed by atoms with Gasteiger partial charge in [0.25, 0.3) is 10.0 Å². The van der Waals surface area contributed by atoms with Crippen LogP contribution in [0.3, 0.4) is 0 Å². The molecule has 3 rings (SSSR count). The Bertz CT molecular complexity index is 1120. The molecule has 0 fully saturated rings. The van der Waals surface area contributed by atoms with Crippen molar-refractivity contribution < 1.29 is 8.42 Å². The molecule has 0 aliphatic carbocycles. The lowest BCUT2D eigenvalue weighted by Crippen LogP contribution is -2.16. The summed E-state index contributed by atoms with van der Waals surface area (Å²) in [7, 11) is -3.79. The second kappa shape index (κ2) is 7.47. The standard InChI is InChI=1S/C18H16BrCl2N3O2S/c1-10-6-13(19)7-11(2)18(10)27(25,26)23-17-8-12(3)24(22-17)14-4-5-15(20)16(21)9-14/h4-9H,1-3H3,(H,22,23). The van der Waals surface area contributed by atoms with Gasteiger partial charge in [0.05, 0.1) is 20.6 Å². The molecule has 2 aromatic carbocycles. The molecule has 5 nitrogen and oxygen atoms in total. The average molecular weight is 489 g/mol. The van der Waals surface area contributed by atoms with Crippen LogP contribution in [0.25, 0.3) is 5.69 Å². The lowest BCUT2D eigenvalue weighted by Gasteiger charge is -2.12. The lowest BCUT2D eigenvalue weighted by atomic mass is 10.2. The Morgan fingerprint density at radius 2 is 1.63 bits per heavy atom. The molecule has 9 heteroatoms. The largest absolute Gasteiger partial charge is 0.263 e.